The van der Waals surface area contributed by atoms with E-state index >= 15 is 0 Å². The standard InChI is InChI=1S/C23H28N4O3/c1-16(2)22(29)27-14-12-20(13-15-27)26-23(30)25-19-10-8-17(9-11-19)21(28)24-18-6-4-3-5-7-18/h3-11,16,20H,12-15H2,1-2H3,(H,24,28)(H2,25,26,30). The van der Waals surface area contributed by atoms with Gasteiger partial charge in [-0.1, -0.05) is 32.0 Å². The summed E-state index contributed by atoms with van der Waals surface area (Å²) in [7, 11) is 0. The molecule has 3 rings (SSSR count). The fraction of sp³-hybridized carbons (Fsp3) is 0.348. The first-order chi connectivity index (χ1) is 14.4. The summed E-state index contributed by atoms with van der Waals surface area (Å²) in [5.41, 5.74) is 1.84. The van der Waals surface area contributed by atoms with Crippen molar-refractivity contribution in [1.82, 2.24) is 10.2 Å². The highest BCUT2D eigenvalue weighted by Gasteiger charge is 2.25. The zero-order valence-electron chi connectivity index (χ0n) is 17.4. The van der Waals surface area contributed by atoms with Gasteiger partial charge in [0, 0.05) is 42.0 Å². The van der Waals surface area contributed by atoms with E-state index in [4.69, 9.17) is 0 Å². The van der Waals surface area contributed by atoms with Crippen LogP contribution in [-0.2, 0) is 4.79 Å². The molecule has 2 aromatic rings. The second kappa shape index (κ2) is 9.91. The Kier molecular flexibility index (Phi) is 7.06. The Morgan fingerprint density at radius 3 is 2.07 bits per heavy atom. The Morgan fingerprint density at radius 1 is 0.867 bits per heavy atom. The van der Waals surface area contributed by atoms with Crippen molar-refractivity contribution >= 4 is 29.2 Å². The minimum atomic E-state index is -0.287. The van der Waals surface area contributed by atoms with Crippen LogP contribution in [0.5, 0.6) is 0 Å². The summed E-state index contributed by atoms with van der Waals surface area (Å²) in [6.45, 7) is 5.12. The molecular formula is C23H28N4O3. The SMILES string of the molecule is CC(C)C(=O)N1CCC(NC(=O)Nc2ccc(C(=O)Nc3ccccc3)cc2)CC1. The normalized spacial score (nSPS) is 14.3. The topological polar surface area (TPSA) is 90.5 Å². The second-order valence-electron chi connectivity index (χ2n) is 7.75. The first-order valence-electron chi connectivity index (χ1n) is 10.2. The summed E-state index contributed by atoms with van der Waals surface area (Å²) in [6, 6.07) is 15.7. The molecule has 7 heteroatoms. The van der Waals surface area contributed by atoms with E-state index in [2.05, 4.69) is 16.0 Å². The molecule has 1 heterocycles. The molecule has 158 valence electrons. The lowest BCUT2D eigenvalue weighted by Gasteiger charge is -2.33. The smallest absolute Gasteiger partial charge is 0.319 e. The number of carbonyl (C=O) groups is 3. The van der Waals surface area contributed by atoms with E-state index in [9.17, 15) is 14.4 Å². The first-order valence-corrected chi connectivity index (χ1v) is 10.2. The molecule has 0 unspecified atom stereocenters. The highest BCUT2D eigenvalue weighted by Crippen LogP contribution is 2.15. The molecular weight excluding hydrogens is 380 g/mol. The fourth-order valence-corrected chi connectivity index (χ4v) is 3.39. The summed E-state index contributed by atoms with van der Waals surface area (Å²) in [6.07, 6.45) is 1.48. The lowest BCUT2D eigenvalue weighted by Crippen LogP contribution is -2.48. The summed E-state index contributed by atoms with van der Waals surface area (Å²) in [5, 5.41) is 8.58. The van der Waals surface area contributed by atoms with Crippen molar-refractivity contribution in [2.45, 2.75) is 32.7 Å². The van der Waals surface area contributed by atoms with Crippen molar-refractivity contribution in [3.63, 3.8) is 0 Å². The molecule has 1 fully saturated rings. The van der Waals surface area contributed by atoms with E-state index in [1.165, 1.54) is 0 Å². The number of para-hydroxylation sites is 1. The van der Waals surface area contributed by atoms with Crippen LogP contribution in [0, 0.1) is 5.92 Å². The lowest BCUT2D eigenvalue weighted by molar-refractivity contribution is -0.135. The number of likely N-dealkylation sites (tertiary alicyclic amines) is 1. The number of benzene rings is 2. The zero-order valence-corrected chi connectivity index (χ0v) is 17.4. The van der Waals surface area contributed by atoms with Gasteiger partial charge in [-0.25, -0.2) is 4.79 Å². The van der Waals surface area contributed by atoms with Gasteiger partial charge in [-0.15, -0.1) is 0 Å². The van der Waals surface area contributed by atoms with Gasteiger partial charge in [0.15, 0.2) is 0 Å². The van der Waals surface area contributed by atoms with Crippen LogP contribution < -0.4 is 16.0 Å². The van der Waals surface area contributed by atoms with Crippen LogP contribution in [0.4, 0.5) is 16.2 Å². The van der Waals surface area contributed by atoms with Crippen LogP contribution >= 0.6 is 0 Å². The number of hydrogen-bond donors (Lipinski definition) is 3. The van der Waals surface area contributed by atoms with Crippen molar-refractivity contribution in [2.24, 2.45) is 5.92 Å². The molecule has 2 aromatic carbocycles. The fourth-order valence-electron chi connectivity index (χ4n) is 3.39. The molecule has 0 aliphatic carbocycles. The molecule has 1 aliphatic heterocycles. The van der Waals surface area contributed by atoms with E-state index in [0.717, 1.165) is 18.5 Å². The van der Waals surface area contributed by atoms with E-state index in [0.29, 0.717) is 24.3 Å². The van der Waals surface area contributed by atoms with Gasteiger partial charge < -0.3 is 20.9 Å². The van der Waals surface area contributed by atoms with Gasteiger partial charge in [0.25, 0.3) is 5.91 Å². The first kappa shape index (κ1) is 21.4. The largest absolute Gasteiger partial charge is 0.342 e. The summed E-state index contributed by atoms with van der Waals surface area (Å²) in [4.78, 5) is 38.5. The maximum atomic E-state index is 12.3. The molecule has 3 N–H and O–H groups in total. The molecule has 7 nitrogen and oxygen atoms in total. The third-order valence-electron chi connectivity index (χ3n) is 5.07. The van der Waals surface area contributed by atoms with Gasteiger partial charge >= 0.3 is 6.03 Å². The Morgan fingerprint density at radius 2 is 1.47 bits per heavy atom. The number of amides is 4. The lowest BCUT2D eigenvalue weighted by atomic mass is 10.0. The van der Waals surface area contributed by atoms with E-state index in [1.807, 2.05) is 49.1 Å². The maximum Gasteiger partial charge on any atom is 0.319 e. The molecule has 30 heavy (non-hydrogen) atoms. The van der Waals surface area contributed by atoms with Crippen LogP contribution in [0.3, 0.4) is 0 Å². The van der Waals surface area contributed by atoms with Gasteiger partial charge in [0.2, 0.25) is 5.91 Å². The zero-order chi connectivity index (χ0) is 21.5. The van der Waals surface area contributed by atoms with E-state index in [-0.39, 0.29) is 29.8 Å². The van der Waals surface area contributed by atoms with Gasteiger partial charge in [0.1, 0.15) is 0 Å². The Bertz CT molecular complexity index is 873. The number of piperidine rings is 1. The van der Waals surface area contributed by atoms with Crippen LogP contribution in [0.15, 0.2) is 54.6 Å². The second-order valence-corrected chi connectivity index (χ2v) is 7.75. The number of anilines is 2. The van der Waals surface area contributed by atoms with Crippen LogP contribution in [-0.4, -0.2) is 41.9 Å². The van der Waals surface area contributed by atoms with Crippen molar-refractivity contribution < 1.29 is 14.4 Å². The summed E-state index contributed by atoms with van der Waals surface area (Å²) >= 11 is 0. The molecule has 0 atom stereocenters. The number of nitrogens with one attached hydrogen (secondary N) is 3. The highest BCUT2D eigenvalue weighted by molar-refractivity contribution is 6.04. The average Bonchev–Trinajstić information content (AvgIpc) is 2.75. The van der Waals surface area contributed by atoms with Crippen LogP contribution in [0.25, 0.3) is 0 Å². The molecule has 0 spiro atoms. The minimum Gasteiger partial charge on any atom is -0.342 e. The van der Waals surface area contributed by atoms with E-state index < -0.39 is 0 Å². The van der Waals surface area contributed by atoms with Crippen molar-refractivity contribution in [2.75, 3.05) is 23.7 Å². The Hall–Kier alpha value is -3.35. The number of urea groups is 1. The van der Waals surface area contributed by atoms with Gasteiger partial charge in [-0.05, 0) is 49.2 Å². The minimum absolute atomic E-state index is 0.00412. The average molecular weight is 409 g/mol. The molecule has 0 radical (unpaired) electrons. The predicted molar refractivity (Wildman–Crippen MR) is 117 cm³/mol. The predicted octanol–water partition coefficient (Wildman–Crippen LogP) is 3.71. The summed E-state index contributed by atoms with van der Waals surface area (Å²) < 4.78 is 0. The third kappa shape index (κ3) is 5.83. The number of hydrogen-bond acceptors (Lipinski definition) is 3. The Labute approximate surface area is 176 Å². The third-order valence-corrected chi connectivity index (χ3v) is 5.07. The van der Waals surface area contributed by atoms with Crippen molar-refractivity contribution in [1.29, 1.82) is 0 Å². The van der Waals surface area contributed by atoms with Crippen molar-refractivity contribution in [3.8, 4) is 0 Å². The number of rotatable bonds is 5. The molecule has 4 amide bonds. The summed E-state index contributed by atoms with van der Waals surface area (Å²) in [5.74, 6) is -0.0512. The highest BCUT2D eigenvalue weighted by atomic mass is 16.2. The van der Waals surface area contributed by atoms with Crippen LogP contribution in [0.2, 0.25) is 0 Å². The quantitative estimate of drug-likeness (QED) is 0.704. The van der Waals surface area contributed by atoms with Gasteiger partial charge in [0.05, 0.1) is 0 Å². The van der Waals surface area contributed by atoms with E-state index in [1.54, 1.807) is 24.3 Å². The monoisotopic (exact) mass is 408 g/mol. The molecule has 1 aliphatic rings. The maximum absolute atomic E-state index is 12.3. The number of carbonyl (C=O) groups excluding carboxylic acids is 3. The van der Waals surface area contributed by atoms with Gasteiger partial charge in [-0.2, -0.15) is 0 Å². The van der Waals surface area contributed by atoms with Crippen LogP contribution in [0.1, 0.15) is 37.0 Å². The Balaban J connectivity index is 1.46. The number of nitrogens with zero attached hydrogens (tertiary/aromatic N) is 1. The molecule has 1 saturated heterocycles. The molecule has 0 bridgehead atoms. The molecule has 0 aromatic heterocycles. The molecule has 0 saturated carbocycles. The van der Waals surface area contributed by atoms with Crippen molar-refractivity contribution in [3.05, 3.63) is 60.2 Å². The van der Waals surface area contributed by atoms with Gasteiger partial charge in [-0.3, -0.25) is 9.59 Å².